The zero-order valence-corrected chi connectivity index (χ0v) is 11.7. The predicted molar refractivity (Wildman–Crippen MR) is 82.0 cm³/mol. The molecule has 0 aromatic heterocycles. The van der Waals surface area contributed by atoms with Gasteiger partial charge in [0, 0.05) is 5.54 Å². The molecule has 1 atom stereocenters. The molecular formula is C18H23N. The van der Waals surface area contributed by atoms with Crippen molar-refractivity contribution >= 4 is 0 Å². The summed E-state index contributed by atoms with van der Waals surface area (Å²) in [5.74, 6) is 0. The molecule has 2 rings (SSSR count). The number of rotatable bonds is 6. The van der Waals surface area contributed by atoms with E-state index in [9.17, 15) is 0 Å². The Kier molecular flexibility index (Phi) is 4.75. The highest BCUT2D eigenvalue weighted by atomic mass is 14.7. The van der Waals surface area contributed by atoms with Gasteiger partial charge < -0.3 is 5.73 Å². The van der Waals surface area contributed by atoms with Gasteiger partial charge in [-0.05, 0) is 30.4 Å². The Morgan fingerprint density at radius 2 is 1.42 bits per heavy atom. The van der Waals surface area contributed by atoms with Gasteiger partial charge in [0.25, 0.3) is 0 Å². The lowest BCUT2D eigenvalue weighted by Gasteiger charge is -2.30. The van der Waals surface area contributed by atoms with Crippen molar-refractivity contribution in [3.63, 3.8) is 0 Å². The van der Waals surface area contributed by atoms with E-state index in [2.05, 4.69) is 61.5 Å². The van der Waals surface area contributed by atoms with Gasteiger partial charge in [-0.25, -0.2) is 0 Å². The Morgan fingerprint density at radius 1 is 0.842 bits per heavy atom. The fourth-order valence-electron chi connectivity index (χ4n) is 2.64. The molecule has 19 heavy (non-hydrogen) atoms. The van der Waals surface area contributed by atoms with Crippen molar-refractivity contribution in [3.05, 3.63) is 71.8 Å². The van der Waals surface area contributed by atoms with Crippen molar-refractivity contribution in [1.82, 2.24) is 0 Å². The number of nitrogens with two attached hydrogens (primary N) is 1. The van der Waals surface area contributed by atoms with Crippen molar-refractivity contribution in [3.8, 4) is 0 Å². The largest absolute Gasteiger partial charge is 0.321 e. The normalized spacial score (nSPS) is 14.0. The van der Waals surface area contributed by atoms with Crippen molar-refractivity contribution in [2.24, 2.45) is 5.73 Å². The van der Waals surface area contributed by atoms with Crippen molar-refractivity contribution in [1.29, 1.82) is 0 Å². The monoisotopic (exact) mass is 253 g/mol. The van der Waals surface area contributed by atoms with E-state index in [0.29, 0.717) is 0 Å². The highest BCUT2D eigenvalue weighted by Crippen LogP contribution is 2.28. The molecule has 0 aliphatic rings. The third-order valence-corrected chi connectivity index (χ3v) is 3.75. The number of benzene rings is 2. The van der Waals surface area contributed by atoms with E-state index < -0.39 is 0 Å². The molecule has 2 aromatic rings. The second kappa shape index (κ2) is 6.53. The number of hydrogen-bond acceptors (Lipinski definition) is 1. The summed E-state index contributed by atoms with van der Waals surface area (Å²) in [5.41, 5.74) is 9.10. The molecule has 100 valence electrons. The molecule has 0 bridgehead atoms. The van der Waals surface area contributed by atoms with Crippen LogP contribution in [0.3, 0.4) is 0 Å². The maximum absolute atomic E-state index is 6.68. The highest BCUT2D eigenvalue weighted by Gasteiger charge is 2.25. The fourth-order valence-corrected chi connectivity index (χ4v) is 2.64. The molecule has 0 aliphatic heterocycles. The van der Waals surface area contributed by atoms with Crippen LogP contribution in [-0.2, 0) is 12.0 Å². The summed E-state index contributed by atoms with van der Waals surface area (Å²) in [6, 6.07) is 21.1. The molecule has 0 radical (unpaired) electrons. The van der Waals surface area contributed by atoms with Crippen LogP contribution in [0.4, 0.5) is 0 Å². The van der Waals surface area contributed by atoms with E-state index in [1.807, 2.05) is 6.07 Å². The summed E-state index contributed by atoms with van der Waals surface area (Å²) >= 11 is 0. The summed E-state index contributed by atoms with van der Waals surface area (Å²) in [6.07, 6.45) is 4.17. The van der Waals surface area contributed by atoms with Crippen molar-refractivity contribution in [2.75, 3.05) is 0 Å². The smallest absolute Gasteiger partial charge is 0.0412 e. The summed E-state index contributed by atoms with van der Waals surface area (Å²) in [7, 11) is 0. The van der Waals surface area contributed by atoms with E-state index >= 15 is 0 Å². The Hall–Kier alpha value is -1.60. The van der Waals surface area contributed by atoms with Gasteiger partial charge in [0.15, 0.2) is 0 Å². The standard InChI is InChI=1S/C18H23N/c1-2-14-18(19,17-11-7-4-8-12-17)15-13-16-9-5-3-6-10-16/h3-12H,2,13-15,19H2,1H3. The first kappa shape index (κ1) is 13.8. The molecule has 0 aliphatic carbocycles. The van der Waals surface area contributed by atoms with Gasteiger partial charge in [-0.1, -0.05) is 74.0 Å². The van der Waals surface area contributed by atoms with E-state index in [1.165, 1.54) is 11.1 Å². The van der Waals surface area contributed by atoms with E-state index in [-0.39, 0.29) is 5.54 Å². The summed E-state index contributed by atoms with van der Waals surface area (Å²) in [6.45, 7) is 2.20. The van der Waals surface area contributed by atoms with Gasteiger partial charge in [0.2, 0.25) is 0 Å². The van der Waals surface area contributed by atoms with Crippen LogP contribution in [0.25, 0.3) is 0 Å². The molecule has 0 saturated carbocycles. The lowest BCUT2D eigenvalue weighted by Crippen LogP contribution is -2.37. The average molecular weight is 253 g/mol. The molecular weight excluding hydrogens is 230 g/mol. The maximum atomic E-state index is 6.68. The van der Waals surface area contributed by atoms with Crippen LogP contribution in [0, 0.1) is 0 Å². The van der Waals surface area contributed by atoms with Gasteiger partial charge in [-0.3, -0.25) is 0 Å². The molecule has 0 saturated heterocycles. The molecule has 0 fully saturated rings. The lowest BCUT2D eigenvalue weighted by atomic mass is 9.81. The second-order valence-electron chi connectivity index (χ2n) is 5.26. The van der Waals surface area contributed by atoms with E-state index in [0.717, 1.165) is 25.7 Å². The van der Waals surface area contributed by atoms with E-state index in [1.54, 1.807) is 0 Å². The molecule has 0 heterocycles. The zero-order chi connectivity index (χ0) is 13.6. The molecule has 2 aromatic carbocycles. The van der Waals surface area contributed by atoms with Crippen molar-refractivity contribution in [2.45, 2.75) is 38.1 Å². The Bertz CT molecular complexity index is 478. The molecule has 2 N–H and O–H groups in total. The van der Waals surface area contributed by atoms with Gasteiger partial charge in [0.05, 0.1) is 0 Å². The summed E-state index contributed by atoms with van der Waals surface area (Å²) in [4.78, 5) is 0. The first-order valence-corrected chi connectivity index (χ1v) is 7.13. The second-order valence-corrected chi connectivity index (χ2v) is 5.26. The zero-order valence-electron chi connectivity index (χ0n) is 11.7. The summed E-state index contributed by atoms with van der Waals surface area (Å²) < 4.78 is 0. The van der Waals surface area contributed by atoms with Crippen LogP contribution in [-0.4, -0.2) is 0 Å². The lowest BCUT2D eigenvalue weighted by molar-refractivity contribution is 0.373. The van der Waals surface area contributed by atoms with Crippen LogP contribution in [0.1, 0.15) is 37.3 Å². The van der Waals surface area contributed by atoms with Gasteiger partial charge in [0.1, 0.15) is 0 Å². The third-order valence-electron chi connectivity index (χ3n) is 3.75. The first-order valence-electron chi connectivity index (χ1n) is 7.13. The van der Waals surface area contributed by atoms with Gasteiger partial charge in [-0.15, -0.1) is 0 Å². The number of hydrogen-bond donors (Lipinski definition) is 1. The fraction of sp³-hybridized carbons (Fsp3) is 0.333. The van der Waals surface area contributed by atoms with Crippen LogP contribution >= 0.6 is 0 Å². The van der Waals surface area contributed by atoms with E-state index in [4.69, 9.17) is 5.73 Å². The Morgan fingerprint density at radius 3 is 2.00 bits per heavy atom. The minimum Gasteiger partial charge on any atom is -0.321 e. The highest BCUT2D eigenvalue weighted by molar-refractivity contribution is 5.25. The quantitative estimate of drug-likeness (QED) is 0.817. The van der Waals surface area contributed by atoms with Gasteiger partial charge in [-0.2, -0.15) is 0 Å². The summed E-state index contributed by atoms with van der Waals surface area (Å²) in [5, 5.41) is 0. The minimum atomic E-state index is -0.203. The van der Waals surface area contributed by atoms with Gasteiger partial charge >= 0.3 is 0 Å². The van der Waals surface area contributed by atoms with Crippen molar-refractivity contribution < 1.29 is 0 Å². The molecule has 0 amide bonds. The molecule has 1 heteroatoms. The Labute approximate surface area is 116 Å². The molecule has 0 spiro atoms. The molecule has 1 nitrogen and oxygen atoms in total. The minimum absolute atomic E-state index is 0.203. The average Bonchev–Trinajstić information content (AvgIpc) is 2.48. The van der Waals surface area contributed by atoms with Crippen LogP contribution in [0.2, 0.25) is 0 Å². The van der Waals surface area contributed by atoms with Crippen LogP contribution in [0.15, 0.2) is 60.7 Å². The first-order chi connectivity index (χ1) is 9.24. The molecule has 1 unspecified atom stereocenters. The van der Waals surface area contributed by atoms with Crippen LogP contribution < -0.4 is 5.73 Å². The predicted octanol–water partition coefficient (Wildman–Crippen LogP) is 4.27. The maximum Gasteiger partial charge on any atom is 0.0412 e. The number of aryl methyl sites for hydroxylation is 1. The topological polar surface area (TPSA) is 26.0 Å². The third kappa shape index (κ3) is 3.68. The Balaban J connectivity index is 2.12. The van der Waals surface area contributed by atoms with Crippen LogP contribution in [0.5, 0.6) is 0 Å². The SMILES string of the molecule is CCCC(N)(CCc1ccccc1)c1ccccc1.